The van der Waals surface area contributed by atoms with Crippen LogP contribution in [0.15, 0.2) is 23.0 Å². The molecule has 0 radical (unpaired) electrons. The second kappa shape index (κ2) is 6.25. The number of hydrogen-bond donors (Lipinski definition) is 0. The Hall–Kier alpha value is -2.11. The number of ketones is 1. The topological polar surface area (TPSA) is 82.8 Å². The third-order valence-electron chi connectivity index (χ3n) is 6.89. The van der Waals surface area contributed by atoms with Crippen LogP contribution in [0.2, 0.25) is 0 Å². The zero-order chi connectivity index (χ0) is 18.5. The molecule has 26 heavy (non-hydrogen) atoms. The lowest BCUT2D eigenvalue weighted by molar-refractivity contribution is -0.171. The Bertz CT molecular complexity index is 723. The van der Waals surface area contributed by atoms with E-state index in [2.05, 4.69) is 0 Å². The van der Waals surface area contributed by atoms with Gasteiger partial charge >= 0.3 is 11.9 Å². The summed E-state index contributed by atoms with van der Waals surface area (Å²) in [6.45, 7) is 1.97. The average molecular weight is 360 g/mol. The van der Waals surface area contributed by atoms with Crippen LogP contribution < -0.4 is 0 Å². The van der Waals surface area contributed by atoms with Gasteiger partial charge in [-0.3, -0.25) is 14.4 Å². The lowest BCUT2D eigenvalue weighted by Gasteiger charge is -2.50. The molecule has 6 atom stereocenters. The molecule has 0 N–H and O–H groups in total. The number of hydrogen-bond acceptors (Lipinski definition) is 6. The molecule has 2 saturated carbocycles. The van der Waals surface area contributed by atoms with Gasteiger partial charge in [-0.15, -0.1) is 0 Å². The monoisotopic (exact) mass is 360 g/mol. The predicted octanol–water partition coefficient (Wildman–Crippen LogP) is 3.07. The summed E-state index contributed by atoms with van der Waals surface area (Å²) >= 11 is 0. The van der Waals surface area contributed by atoms with E-state index < -0.39 is 17.3 Å². The van der Waals surface area contributed by atoms with E-state index in [1.54, 1.807) is 12.5 Å². The van der Waals surface area contributed by atoms with Crippen molar-refractivity contribution in [2.24, 2.45) is 29.1 Å². The summed E-state index contributed by atoms with van der Waals surface area (Å²) in [5, 5.41) is 0. The summed E-state index contributed by atoms with van der Waals surface area (Å²) in [6, 6.07) is 1.81. The molecule has 4 rings (SSSR count). The maximum atomic E-state index is 13.1. The summed E-state index contributed by atoms with van der Waals surface area (Å²) in [5.41, 5.74) is 0.129. The second-order valence-corrected chi connectivity index (χ2v) is 7.96. The summed E-state index contributed by atoms with van der Waals surface area (Å²) in [6.07, 6.45) is 5.88. The number of fused-ring (bicyclic) bond motifs is 2. The van der Waals surface area contributed by atoms with Gasteiger partial charge in [0.15, 0.2) is 0 Å². The van der Waals surface area contributed by atoms with Gasteiger partial charge in [-0.05, 0) is 30.7 Å². The summed E-state index contributed by atoms with van der Waals surface area (Å²) in [4.78, 5) is 38.2. The molecule has 1 saturated heterocycles. The molecule has 2 aliphatic carbocycles. The number of ether oxygens (including phenoxy) is 2. The minimum atomic E-state index is -0.715. The van der Waals surface area contributed by atoms with Crippen LogP contribution in [0.25, 0.3) is 0 Å². The van der Waals surface area contributed by atoms with Crippen LogP contribution in [0.3, 0.4) is 0 Å². The van der Waals surface area contributed by atoms with Crippen molar-refractivity contribution in [3.8, 4) is 0 Å². The van der Waals surface area contributed by atoms with E-state index >= 15 is 0 Å². The number of Topliss-reactive ketones (excluding diaryl/α,β-unsaturated/α-hetero) is 1. The zero-order valence-corrected chi connectivity index (χ0v) is 15.1. The fourth-order valence-electron chi connectivity index (χ4n) is 5.65. The number of esters is 2. The SMILES string of the molecule is COC(=O)[C@H]1CCC[C@@H]2[C@H]1C(=O)C[C@@H](C)[C@]21C[C@@H](c2ccoc2)OC1=O. The number of carbonyl (C=O) groups is 3. The first-order chi connectivity index (χ1) is 12.5. The fourth-order valence-corrected chi connectivity index (χ4v) is 5.65. The van der Waals surface area contributed by atoms with E-state index in [-0.39, 0.29) is 35.7 Å². The highest BCUT2D eigenvalue weighted by molar-refractivity contribution is 5.92. The van der Waals surface area contributed by atoms with E-state index in [1.807, 2.05) is 13.0 Å². The molecule has 3 aliphatic rings. The quantitative estimate of drug-likeness (QED) is 0.754. The predicted molar refractivity (Wildman–Crippen MR) is 89.7 cm³/mol. The van der Waals surface area contributed by atoms with Gasteiger partial charge in [0.25, 0.3) is 0 Å². The van der Waals surface area contributed by atoms with Crippen LogP contribution >= 0.6 is 0 Å². The number of carbonyl (C=O) groups excluding carboxylic acids is 3. The number of furan rings is 1. The van der Waals surface area contributed by atoms with Crippen molar-refractivity contribution in [2.45, 2.75) is 45.1 Å². The van der Waals surface area contributed by atoms with Crippen LogP contribution in [-0.4, -0.2) is 24.8 Å². The molecule has 6 nitrogen and oxygen atoms in total. The smallest absolute Gasteiger partial charge is 0.313 e. The van der Waals surface area contributed by atoms with Gasteiger partial charge in [0, 0.05) is 24.3 Å². The van der Waals surface area contributed by atoms with E-state index in [4.69, 9.17) is 13.9 Å². The molecule has 1 aromatic rings. The van der Waals surface area contributed by atoms with Gasteiger partial charge in [0.1, 0.15) is 11.9 Å². The molecule has 2 heterocycles. The summed E-state index contributed by atoms with van der Waals surface area (Å²) < 4.78 is 15.8. The highest BCUT2D eigenvalue weighted by Gasteiger charge is 2.64. The minimum Gasteiger partial charge on any atom is -0.472 e. The molecule has 0 amide bonds. The van der Waals surface area contributed by atoms with E-state index in [9.17, 15) is 14.4 Å². The lowest BCUT2D eigenvalue weighted by atomic mass is 9.50. The van der Waals surface area contributed by atoms with Crippen LogP contribution in [0.1, 0.15) is 50.7 Å². The molecule has 3 fully saturated rings. The molecule has 0 bridgehead atoms. The van der Waals surface area contributed by atoms with E-state index in [1.165, 1.54) is 7.11 Å². The van der Waals surface area contributed by atoms with Crippen LogP contribution in [0.5, 0.6) is 0 Å². The molecule has 1 aliphatic heterocycles. The van der Waals surface area contributed by atoms with Crippen molar-refractivity contribution in [1.82, 2.24) is 0 Å². The Balaban J connectivity index is 1.72. The second-order valence-electron chi connectivity index (χ2n) is 7.96. The zero-order valence-electron chi connectivity index (χ0n) is 15.1. The van der Waals surface area contributed by atoms with Crippen molar-refractivity contribution < 1.29 is 28.3 Å². The van der Waals surface area contributed by atoms with Crippen LogP contribution in [0.4, 0.5) is 0 Å². The van der Waals surface area contributed by atoms with Crippen molar-refractivity contribution in [1.29, 1.82) is 0 Å². The van der Waals surface area contributed by atoms with Gasteiger partial charge in [0.2, 0.25) is 0 Å². The highest BCUT2D eigenvalue weighted by Crippen LogP contribution is 2.61. The van der Waals surface area contributed by atoms with E-state index in [0.29, 0.717) is 19.3 Å². The van der Waals surface area contributed by atoms with Crippen molar-refractivity contribution in [3.63, 3.8) is 0 Å². The molecule has 140 valence electrons. The molecular formula is C20H24O6. The standard InChI is InChI=1S/C20H24O6/c1-11-8-15(21)17-13(18(22)24-2)4-3-5-14(17)20(11)9-16(26-19(20)23)12-6-7-25-10-12/h6-7,10-11,13-14,16-17H,3-5,8-9H2,1-2H3/t11-,13+,14-,16+,17+,20-/m1/s1. The maximum absolute atomic E-state index is 13.1. The lowest BCUT2D eigenvalue weighted by Crippen LogP contribution is -2.55. The molecule has 6 heteroatoms. The fraction of sp³-hybridized carbons (Fsp3) is 0.650. The Morgan fingerprint density at radius 1 is 1.31 bits per heavy atom. The number of rotatable bonds is 2. The number of methoxy groups -OCH3 is 1. The van der Waals surface area contributed by atoms with Gasteiger partial charge in [-0.1, -0.05) is 13.3 Å². The van der Waals surface area contributed by atoms with Gasteiger partial charge in [-0.2, -0.15) is 0 Å². The third kappa shape index (κ3) is 2.34. The minimum absolute atomic E-state index is 0.0859. The Morgan fingerprint density at radius 2 is 2.12 bits per heavy atom. The van der Waals surface area contributed by atoms with E-state index in [0.717, 1.165) is 18.4 Å². The molecule has 0 unspecified atom stereocenters. The maximum Gasteiger partial charge on any atom is 0.313 e. The van der Waals surface area contributed by atoms with Crippen molar-refractivity contribution in [2.75, 3.05) is 7.11 Å². The van der Waals surface area contributed by atoms with Gasteiger partial charge in [0.05, 0.1) is 31.0 Å². The average Bonchev–Trinajstić information content (AvgIpc) is 3.27. The molecular weight excluding hydrogens is 336 g/mol. The van der Waals surface area contributed by atoms with Crippen molar-refractivity contribution in [3.05, 3.63) is 24.2 Å². The Morgan fingerprint density at radius 3 is 2.81 bits per heavy atom. The normalized spacial score (nSPS) is 39.5. The van der Waals surface area contributed by atoms with Crippen molar-refractivity contribution >= 4 is 17.7 Å². The number of cyclic esters (lactones) is 1. The largest absolute Gasteiger partial charge is 0.472 e. The molecule has 1 aromatic heterocycles. The Labute approximate surface area is 152 Å². The third-order valence-corrected chi connectivity index (χ3v) is 6.89. The first kappa shape index (κ1) is 17.3. The first-order valence-corrected chi connectivity index (χ1v) is 9.32. The molecule has 1 spiro atoms. The summed E-state index contributed by atoms with van der Waals surface area (Å²) in [7, 11) is 1.36. The van der Waals surface area contributed by atoms with Crippen LogP contribution in [-0.2, 0) is 23.9 Å². The van der Waals surface area contributed by atoms with Gasteiger partial charge < -0.3 is 13.9 Å². The first-order valence-electron chi connectivity index (χ1n) is 9.32. The highest BCUT2D eigenvalue weighted by atomic mass is 16.6. The summed E-state index contributed by atoms with van der Waals surface area (Å²) in [5.74, 6) is -1.64. The molecule has 0 aromatic carbocycles. The van der Waals surface area contributed by atoms with Crippen LogP contribution in [0, 0.1) is 29.1 Å². The van der Waals surface area contributed by atoms with Gasteiger partial charge in [-0.25, -0.2) is 0 Å². The Kier molecular flexibility index (Phi) is 4.16.